The second-order valence-corrected chi connectivity index (χ2v) is 7.70. The van der Waals surface area contributed by atoms with E-state index >= 15 is 0 Å². The van der Waals surface area contributed by atoms with E-state index in [1.165, 1.54) is 26.9 Å². The highest BCUT2D eigenvalue weighted by molar-refractivity contribution is 7.90. The number of aromatic nitrogens is 1. The van der Waals surface area contributed by atoms with Crippen LogP contribution in [0.4, 0.5) is 5.69 Å². The number of anilines is 1. The molecule has 2 N–H and O–H groups in total. The monoisotopic (exact) mass is 376 g/mol. The summed E-state index contributed by atoms with van der Waals surface area (Å²) in [7, 11) is -3.73. The van der Waals surface area contributed by atoms with Gasteiger partial charge < -0.3 is 10.4 Å². The van der Waals surface area contributed by atoms with Crippen molar-refractivity contribution in [2.24, 2.45) is 0 Å². The largest absolute Gasteiger partial charge is 0.478 e. The number of hydrogen-bond acceptors (Lipinski definition) is 5. The molecule has 0 radical (unpaired) electrons. The van der Waals surface area contributed by atoms with Gasteiger partial charge in [0.1, 0.15) is 0 Å². The Bertz CT molecular complexity index is 850. The molecule has 0 saturated carbocycles. The number of carboxylic acid groups (broad SMARTS) is 1. The zero-order chi connectivity index (χ0) is 18.6. The second-order valence-electron chi connectivity index (χ2n) is 5.84. The Morgan fingerprint density at radius 3 is 2.42 bits per heavy atom. The number of aromatic carboxylic acids is 1. The lowest BCUT2D eigenvalue weighted by atomic mass is 10.2. The van der Waals surface area contributed by atoms with Crippen LogP contribution in [0.1, 0.15) is 16.1 Å². The van der Waals surface area contributed by atoms with Crippen LogP contribution in [0.2, 0.25) is 0 Å². The molecular weight excluding hydrogens is 356 g/mol. The lowest BCUT2D eigenvalue weighted by molar-refractivity contribution is 0.0696. The molecule has 0 atom stereocenters. The molecule has 1 fully saturated rings. The highest BCUT2D eigenvalue weighted by Gasteiger charge is 2.31. The van der Waals surface area contributed by atoms with Crippen molar-refractivity contribution in [1.29, 1.82) is 0 Å². The Morgan fingerprint density at radius 1 is 1.15 bits per heavy atom. The summed E-state index contributed by atoms with van der Waals surface area (Å²) >= 11 is 0. The molecule has 3 rings (SSSR count). The summed E-state index contributed by atoms with van der Waals surface area (Å²) in [6.45, 7) is 2.03. The minimum atomic E-state index is -3.73. The summed E-state index contributed by atoms with van der Waals surface area (Å²) in [5, 5.41) is 12.1. The summed E-state index contributed by atoms with van der Waals surface area (Å²) in [6.07, 6.45) is 1.23. The van der Waals surface area contributed by atoms with E-state index in [4.69, 9.17) is 5.11 Å². The number of nitrogens with zero attached hydrogens (tertiary/aromatic N) is 3. The van der Waals surface area contributed by atoms with Gasteiger partial charge in [-0.2, -0.15) is 12.7 Å². The molecule has 0 unspecified atom stereocenters. The van der Waals surface area contributed by atoms with Crippen LogP contribution in [-0.4, -0.2) is 55.0 Å². The average Bonchev–Trinajstić information content (AvgIpc) is 2.67. The summed E-state index contributed by atoms with van der Waals surface area (Å²) < 4.78 is 29.1. The molecule has 1 aromatic carbocycles. The molecule has 138 valence electrons. The number of para-hydroxylation sites is 1. The topological polar surface area (TPSA) is 103 Å². The van der Waals surface area contributed by atoms with Gasteiger partial charge in [0.15, 0.2) is 0 Å². The Hall–Kier alpha value is -2.49. The van der Waals surface area contributed by atoms with Crippen molar-refractivity contribution in [1.82, 2.24) is 14.6 Å². The van der Waals surface area contributed by atoms with E-state index < -0.39 is 16.2 Å². The minimum absolute atomic E-state index is 0.0240. The molecule has 1 aromatic heterocycles. The van der Waals surface area contributed by atoms with Gasteiger partial charge in [0.25, 0.3) is 0 Å². The van der Waals surface area contributed by atoms with Gasteiger partial charge in [-0.15, -0.1) is 0 Å². The first kappa shape index (κ1) is 18.3. The van der Waals surface area contributed by atoms with Crippen molar-refractivity contribution in [3.8, 4) is 0 Å². The predicted octanol–water partition coefficient (Wildman–Crippen LogP) is 0.936. The van der Waals surface area contributed by atoms with Gasteiger partial charge in [-0.3, -0.25) is 9.29 Å². The third-order valence-electron chi connectivity index (χ3n) is 4.10. The fourth-order valence-corrected chi connectivity index (χ4v) is 4.31. The van der Waals surface area contributed by atoms with Crippen molar-refractivity contribution in [2.75, 3.05) is 30.5 Å². The van der Waals surface area contributed by atoms with Crippen LogP contribution >= 0.6 is 0 Å². The molecule has 0 bridgehead atoms. The van der Waals surface area contributed by atoms with Crippen molar-refractivity contribution < 1.29 is 18.3 Å². The zero-order valence-electron chi connectivity index (χ0n) is 14.1. The SMILES string of the molecule is O=C(O)c1ccc(CN(c2ccccc2)S(=O)(=O)N2CCNCC2)nc1. The summed E-state index contributed by atoms with van der Waals surface area (Å²) in [5.41, 5.74) is 1.07. The van der Waals surface area contributed by atoms with Crippen LogP contribution < -0.4 is 9.62 Å². The van der Waals surface area contributed by atoms with Gasteiger partial charge in [0, 0.05) is 32.4 Å². The fourth-order valence-electron chi connectivity index (χ4n) is 2.71. The van der Waals surface area contributed by atoms with Gasteiger partial charge in [-0.1, -0.05) is 18.2 Å². The first-order valence-corrected chi connectivity index (χ1v) is 9.60. The third-order valence-corrected chi connectivity index (χ3v) is 6.02. The fraction of sp³-hybridized carbons (Fsp3) is 0.294. The first-order chi connectivity index (χ1) is 12.5. The molecule has 26 heavy (non-hydrogen) atoms. The van der Waals surface area contributed by atoms with Gasteiger partial charge in [0.2, 0.25) is 0 Å². The van der Waals surface area contributed by atoms with Gasteiger partial charge in [-0.05, 0) is 24.3 Å². The molecule has 2 aromatic rings. The summed E-state index contributed by atoms with van der Waals surface area (Å²) in [4.78, 5) is 15.1. The van der Waals surface area contributed by atoms with E-state index in [2.05, 4.69) is 10.3 Å². The Morgan fingerprint density at radius 2 is 1.85 bits per heavy atom. The molecule has 0 amide bonds. The summed E-state index contributed by atoms with van der Waals surface area (Å²) in [5.74, 6) is -1.07. The highest BCUT2D eigenvalue weighted by Crippen LogP contribution is 2.23. The quantitative estimate of drug-likeness (QED) is 0.778. The number of piperazine rings is 1. The Labute approximate surface area is 152 Å². The molecule has 1 saturated heterocycles. The Balaban J connectivity index is 1.92. The number of pyridine rings is 1. The maximum Gasteiger partial charge on any atom is 0.337 e. The first-order valence-electron chi connectivity index (χ1n) is 8.20. The van der Waals surface area contributed by atoms with E-state index in [0.29, 0.717) is 37.6 Å². The van der Waals surface area contributed by atoms with Gasteiger partial charge >= 0.3 is 16.2 Å². The molecule has 8 nitrogen and oxygen atoms in total. The molecule has 1 aliphatic rings. The lowest BCUT2D eigenvalue weighted by Crippen LogP contribution is -2.51. The predicted molar refractivity (Wildman–Crippen MR) is 97.2 cm³/mol. The van der Waals surface area contributed by atoms with Crippen molar-refractivity contribution >= 4 is 21.9 Å². The number of carbonyl (C=O) groups is 1. The second kappa shape index (κ2) is 7.81. The van der Waals surface area contributed by atoms with E-state index in [9.17, 15) is 13.2 Å². The van der Waals surface area contributed by atoms with Crippen LogP contribution in [0.15, 0.2) is 48.7 Å². The molecule has 9 heteroatoms. The number of benzene rings is 1. The third kappa shape index (κ3) is 4.01. The number of rotatable bonds is 6. The van der Waals surface area contributed by atoms with Gasteiger partial charge in [-0.25, -0.2) is 4.79 Å². The number of hydrogen-bond donors (Lipinski definition) is 2. The lowest BCUT2D eigenvalue weighted by Gasteiger charge is -2.33. The van der Waals surface area contributed by atoms with Crippen LogP contribution in [0.25, 0.3) is 0 Å². The van der Waals surface area contributed by atoms with E-state index in [1.54, 1.807) is 24.3 Å². The van der Waals surface area contributed by atoms with Crippen LogP contribution in [0.3, 0.4) is 0 Å². The number of nitrogens with one attached hydrogen (secondary N) is 1. The standard InChI is InChI=1S/C17H20N4O4S/c22-17(23)14-6-7-15(19-12-14)13-21(16-4-2-1-3-5-16)26(24,25)20-10-8-18-9-11-20/h1-7,12,18H,8-11,13H2,(H,22,23). The van der Waals surface area contributed by atoms with Gasteiger partial charge in [0.05, 0.1) is 23.5 Å². The maximum absolute atomic E-state index is 13.2. The van der Waals surface area contributed by atoms with Crippen molar-refractivity contribution in [3.63, 3.8) is 0 Å². The van der Waals surface area contributed by atoms with Crippen LogP contribution in [0.5, 0.6) is 0 Å². The van der Waals surface area contributed by atoms with E-state index in [0.717, 1.165) is 0 Å². The molecule has 0 aliphatic carbocycles. The van der Waals surface area contributed by atoms with Crippen molar-refractivity contribution in [3.05, 3.63) is 59.9 Å². The zero-order valence-corrected chi connectivity index (χ0v) is 14.9. The van der Waals surface area contributed by atoms with Crippen LogP contribution in [0, 0.1) is 0 Å². The molecule has 2 heterocycles. The van der Waals surface area contributed by atoms with E-state index in [-0.39, 0.29) is 12.1 Å². The smallest absolute Gasteiger partial charge is 0.337 e. The number of carboxylic acids is 1. The average molecular weight is 376 g/mol. The Kier molecular flexibility index (Phi) is 5.50. The molecule has 1 aliphatic heterocycles. The molecule has 0 spiro atoms. The maximum atomic E-state index is 13.2. The van der Waals surface area contributed by atoms with E-state index in [1.807, 2.05) is 6.07 Å². The van der Waals surface area contributed by atoms with Crippen molar-refractivity contribution in [2.45, 2.75) is 6.54 Å². The van der Waals surface area contributed by atoms with Crippen LogP contribution in [-0.2, 0) is 16.8 Å². The molecular formula is C17H20N4O4S. The minimum Gasteiger partial charge on any atom is -0.478 e. The normalized spacial score (nSPS) is 15.5. The highest BCUT2D eigenvalue weighted by atomic mass is 32.2. The summed E-state index contributed by atoms with van der Waals surface area (Å²) in [6, 6.07) is 11.8.